The van der Waals surface area contributed by atoms with Gasteiger partial charge in [-0.3, -0.25) is 14.7 Å². The summed E-state index contributed by atoms with van der Waals surface area (Å²) < 4.78 is 30.4. The highest BCUT2D eigenvalue weighted by Crippen LogP contribution is 2.36. The molecular weight excluding hydrogens is 486 g/mol. The summed E-state index contributed by atoms with van der Waals surface area (Å²) in [7, 11) is 1.69. The van der Waals surface area contributed by atoms with Gasteiger partial charge in [-0.05, 0) is 55.3 Å². The monoisotopic (exact) mass is 514 g/mol. The lowest BCUT2D eigenvalue weighted by molar-refractivity contribution is 0.112. The Morgan fingerprint density at radius 3 is 2.58 bits per heavy atom. The van der Waals surface area contributed by atoms with Crippen LogP contribution in [0.1, 0.15) is 43.3 Å². The summed E-state index contributed by atoms with van der Waals surface area (Å²) >= 11 is 0. The van der Waals surface area contributed by atoms with E-state index in [2.05, 4.69) is 32.8 Å². The van der Waals surface area contributed by atoms with Gasteiger partial charge < -0.3 is 9.47 Å². The lowest BCUT2D eigenvalue weighted by atomic mass is 9.94. The maximum absolute atomic E-state index is 15.1. The van der Waals surface area contributed by atoms with Crippen molar-refractivity contribution in [2.45, 2.75) is 38.4 Å². The van der Waals surface area contributed by atoms with E-state index in [1.54, 1.807) is 49.6 Å². The fourth-order valence-corrected chi connectivity index (χ4v) is 5.42. The van der Waals surface area contributed by atoms with Crippen LogP contribution in [0.5, 0.6) is 0 Å². The molecule has 1 unspecified atom stereocenters. The molecule has 0 N–H and O–H groups in total. The number of aromatic nitrogens is 3. The summed E-state index contributed by atoms with van der Waals surface area (Å²) in [6.07, 6.45) is 2.31. The van der Waals surface area contributed by atoms with Crippen LogP contribution in [-0.2, 0) is 7.05 Å². The molecule has 1 fully saturated rings. The van der Waals surface area contributed by atoms with Crippen molar-refractivity contribution in [3.63, 3.8) is 0 Å². The van der Waals surface area contributed by atoms with E-state index < -0.39 is 11.9 Å². The molecular formula is C29H28F2N6O. The Morgan fingerprint density at radius 1 is 1.13 bits per heavy atom. The minimum Gasteiger partial charge on any atom is -0.364 e. The van der Waals surface area contributed by atoms with Crippen molar-refractivity contribution >= 4 is 16.7 Å². The van der Waals surface area contributed by atoms with Crippen LogP contribution in [0.2, 0.25) is 0 Å². The largest absolute Gasteiger partial charge is 0.364 e. The van der Waals surface area contributed by atoms with Crippen molar-refractivity contribution in [2.24, 2.45) is 7.05 Å². The number of anilines is 1. The highest BCUT2D eigenvalue weighted by atomic mass is 19.1. The Bertz CT molecular complexity index is 1580. The standard InChI is InChI=1S/C29H28F2N6O/c1-4-22-17-36(25-14-26(38)35(3)24-12-11-21(15-32)34-28(24)25)18(2)16-37(22)29(19-7-9-20(30)10-8-19)27-23(31)6-5-13-33-27/h5-14,18,22,29H,4,16-17H2,1-3H3/t18-,22+,29?/m0/s1. The maximum Gasteiger partial charge on any atom is 0.252 e. The second-order valence-corrected chi connectivity index (χ2v) is 9.69. The first-order valence-corrected chi connectivity index (χ1v) is 12.6. The Hall–Kier alpha value is -4.16. The Morgan fingerprint density at radius 2 is 1.89 bits per heavy atom. The zero-order valence-electron chi connectivity index (χ0n) is 21.5. The van der Waals surface area contributed by atoms with E-state index in [-0.39, 0.29) is 34.8 Å². The van der Waals surface area contributed by atoms with Crippen molar-refractivity contribution in [3.8, 4) is 6.07 Å². The first-order chi connectivity index (χ1) is 18.3. The van der Waals surface area contributed by atoms with E-state index in [1.165, 1.54) is 22.8 Å². The number of aryl methyl sites for hydroxylation is 1. The lowest BCUT2D eigenvalue weighted by Gasteiger charge is -2.49. The van der Waals surface area contributed by atoms with E-state index in [4.69, 9.17) is 0 Å². The van der Waals surface area contributed by atoms with Crippen LogP contribution in [-0.4, -0.2) is 44.6 Å². The normalized spacial score (nSPS) is 18.9. The second-order valence-electron chi connectivity index (χ2n) is 9.69. The molecule has 3 atom stereocenters. The van der Waals surface area contributed by atoms with Gasteiger partial charge in [-0.1, -0.05) is 19.1 Å². The van der Waals surface area contributed by atoms with E-state index in [0.29, 0.717) is 29.8 Å². The molecule has 0 radical (unpaired) electrons. The molecule has 194 valence electrons. The number of nitrogens with zero attached hydrogens (tertiary/aromatic N) is 6. The van der Waals surface area contributed by atoms with Gasteiger partial charge in [0.15, 0.2) is 0 Å². The van der Waals surface area contributed by atoms with Crippen molar-refractivity contribution < 1.29 is 8.78 Å². The molecule has 1 saturated heterocycles. The van der Waals surface area contributed by atoms with Crippen LogP contribution in [0.15, 0.2) is 65.6 Å². The van der Waals surface area contributed by atoms with Crippen LogP contribution < -0.4 is 10.5 Å². The molecule has 7 nitrogen and oxygen atoms in total. The van der Waals surface area contributed by atoms with Crippen molar-refractivity contribution in [1.29, 1.82) is 5.26 Å². The number of rotatable bonds is 5. The predicted octanol–water partition coefficient (Wildman–Crippen LogP) is 4.56. The maximum atomic E-state index is 15.1. The number of hydrogen-bond donors (Lipinski definition) is 0. The zero-order valence-corrected chi connectivity index (χ0v) is 21.5. The van der Waals surface area contributed by atoms with Gasteiger partial charge >= 0.3 is 0 Å². The SMILES string of the molecule is CC[C@@H]1CN(c2cc(=O)n(C)c3ccc(C#N)nc23)[C@@H](C)CN1C(c1ccc(F)cc1)c1ncccc1F. The molecule has 0 amide bonds. The average molecular weight is 515 g/mol. The van der Waals surface area contributed by atoms with Crippen LogP contribution in [0.4, 0.5) is 14.5 Å². The van der Waals surface area contributed by atoms with Crippen LogP contribution in [0.3, 0.4) is 0 Å². The molecule has 4 heterocycles. The molecule has 5 rings (SSSR count). The molecule has 0 saturated carbocycles. The van der Waals surface area contributed by atoms with Gasteiger partial charge in [-0.25, -0.2) is 13.8 Å². The molecule has 0 aliphatic carbocycles. The molecule has 1 aliphatic heterocycles. The van der Waals surface area contributed by atoms with E-state index in [0.717, 1.165) is 12.0 Å². The first kappa shape index (κ1) is 25.5. The zero-order chi connectivity index (χ0) is 27.0. The minimum atomic E-state index is -0.518. The molecule has 38 heavy (non-hydrogen) atoms. The van der Waals surface area contributed by atoms with Gasteiger partial charge in [0.05, 0.1) is 22.9 Å². The van der Waals surface area contributed by atoms with Gasteiger partial charge in [0, 0.05) is 44.5 Å². The highest BCUT2D eigenvalue weighted by Gasteiger charge is 2.38. The molecule has 1 aliphatic rings. The molecule has 3 aromatic heterocycles. The summed E-state index contributed by atoms with van der Waals surface area (Å²) in [5, 5.41) is 9.44. The van der Waals surface area contributed by atoms with Crippen LogP contribution >= 0.6 is 0 Å². The van der Waals surface area contributed by atoms with Gasteiger partial charge in [0.2, 0.25) is 0 Å². The smallest absolute Gasteiger partial charge is 0.252 e. The van der Waals surface area contributed by atoms with Crippen molar-refractivity contribution in [2.75, 3.05) is 18.0 Å². The number of piperazine rings is 1. The molecule has 1 aromatic carbocycles. The molecule has 0 spiro atoms. The summed E-state index contributed by atoms with van der Waals surface area (Å²) in [4.78, 5) is 26.2. The van der Waals surface area contributed by atoms with Crippen LogP contribution in [0.25, 0.3) is 11.0 Å². The van der Waals surface area contributed by atoms with Gasteiger partial charge in [0.25, 0.3) is 5.56 Å². The minimum absolute atomic E-state index is 0.0408. The van der Waals surface area contributed by atoms with E-state index >= 15 is 4.39 Å². The topological polar surface area (TPSA) is 78.0 Å². The summed E-state index contributed by atoms with van der Waals surface area (Å²) in [5.41, 5.74) is 3.06. The number of pyridine rings is 3. The third-order valence-electron chi connectivity index (χ3n) is 7.41. The fourth-order valence-electron chi connectivity index (χ4n) is 5.42. The summed E-state index contributed by atoms with van der Waals surface area (Å²) in [6.45, 7) is 5.19. The number of hydrogen-bond acceptors (Lipinski definition) is 6. The number of halogens is 2. The Balaban J connectivity index is 1.59. The fraction of sp³-hybridized carbons (Fsp3) is 0.310. The van der Waals surface area contributed by atoms with E-state index in [9.17, 15) is 14.4 Å². The third kappa shape index (κ3) is 4.52. The quantitative estimate of drug-likeness (QED) is 0.389. The Kier molecular flexibility index (Phi) is 6.91. The van der Waals surface area contributed by atoms with Gasteiger partial charge in [-0.15, -0.1) is 0 Å². The highest BCUT2D eigenvalue weighted by molar-refractivity contribution is 5.89. The number of nitriles is 1. The van der Waals surface area contributed by atoms with Crippen LogP contribution in [0, 0.1) is 23.0 Å². The predicted molar refractivity (Wildman–Crippen MR) is 142 cm³/mol. The number of benzene rings is 1. The molecule has 9 heteroatoms. The number of fused-ring (bicyclic) bond motifs is 1. The first-order valence-electron chi connectivity index (χ1n) is 12.6. The molecule has 0 bridgehead atoms. The molecule has 4 aromatic rings. The summed E-state index contributed by atoms with van der Waals surface area (Å²) in [6, 6.07) is 15.4. The van der Waals surface area contributed by atoms with Crippen molar-refractivity contribution in [3.05, 3.63) is 99.7 Å². The second kappa shape index (κ2) is 10.3. The average Bonchev–Trinajstić information content (AvgIpc) is 2.93. The third-order valence-corrected chi connectivity index (χ3v) is 7.41. The van der Waals surface area contributed by atoms with Crippen molar-refractivity contribution in [1.82, 2.24) is 19.4 Å². The lowest BCUT2D eigenvalue weighted by Crippen LogP contribution is -2.58. The Labute approximate surface area is 219 Å². The van der Waals surface area contributed by atoms with Gasteiger partial charge in [0.1, 0.15) is 28.9 Å². The summed E-state index contributed by atoms with van der Waals surface area (Å²) in [5.74, 6) is -0.779. The van der Waals surface area contributed by atoms with E-state index in [1.807, 2.05) is 6.92 Å². The van der Waals surface area contributed by atoms with Gasteiger partial charge in [-0.2, -0.15) is 5.26 Å².